The van der Waals surface area contributed by atoms with Crippen molar-refractivity contribution < 1.29 is 17.2 Å². The van der Waals surface area contributed by atoms with Crippen molar-refractivity contribution in [3.05, 3.63) is 18.0 Å². The fourth-order valence-corrected chi connectivity index (χ4v) is 2.28. The van der Waals surface area contributed by atoms with Crippen molar-refractivity contribution in [1.82, 2.24) is 9.29 Å². The first-order valence-corrected chi connectivity index (χ1v) is 5.98. The molecular weight excluding hydrogens is 240 g/mol. The van der Waals surface area contributed by atoms with Gasteiger partial charge in [0.2, 0.25) is 10.0 Å². The van der Waals surface area contributed by atoms with E-state index < -0.39 is 23.0 Å². The van der Waals surface area contributed by atoms with E-state index in [-0.39, 0.29) is 11.4 Å². The van der Waals surface area contributed by atoms with Crippen LogP contribution in [-0.2, 0) is 23.6 Å². The molecule has 0 aliphatic heterocycles. The van der Waals surface area contributed by atoms with Crippen LogP contribution < -0.4 is 10.5 Å². The Balaban J connectivity index is 2.90. The molecule has 0 aromatic carbocycles. The molecule has 0 aliphatic carbocycles. The third-order valence-electron chi connectivity index (χ3n) is 2.03. The van der Waals surface area contributed by atoms with Gasteiger partial charge < -0.3 is 10.3 Å². The van der Waals surface area contributed by atoms with Crippen LogP contribution in [0, 0.1) is 0 Å². The SMILES string of the molecule is Cn1cc(S(=O)(=O)NCC(F)F)cc1CN. The lowest BCUT2D eigenvalue weighted by atomic mass is 10.4. The van der Waals surface area contributed by atoms with Gasteiger partial charge in [-0.05, 0) is 6.07 Å². The van der Waals surface area contributed by atoms with E-state index in [1.54, 1.807) is 7.05 Å². The predicted molar refractivity (Wildman–Crippen MR) is 54.5 cm³/mol. The Morgan fingerprint density at radius 2 is 2.19 bits per heavy atom. The highest BCUT2D eigenvalue weighted by Gasteiger charge is 2.18. The first kappa shape index (κ1) is 13.1. The van der Waals surface area contributed by atoms with Crippen LogP contribution in [-0.4, -0.2) is 26.0 Å². The Kier molecular flexibility index (Phi) is 4.00. The number of nitrogens with one attached hydrogen (secondary N) is 1. The molecule has 16 heavy (non-hydrogen) atoms. The number of nitrogens with zero attached hydrogens (tertiary/aromatic N) is 1. The average molecular weight is 253 g/mol. The summed E-state index contributed by atoms with van der Waals surface area (Å²) >= 11 is 0. The van der Waals surface area contributed by atoms with Gasteiger partial charge in [-0.2, -0.15) is 0 Å². The summed E-state index contributed by atoms with van der Waals surface area (Å²) in [4.78, 5) is -0.0592. The van der Waals surface area contributed by atoms with Crippen molar-refractivity contribution >= 4 is 10.0 Å². The molecule has 1 aromatic rings. The second-order valence-corrected chi connectivity index (χ2v) is 4.99. The van der Waals surface area contributed by atoms with Crippen LogP contribution in [0.4, 0.5) is 8.78 Å². The maximum atomic E-state index is 11.9. The molecule has 0 amide bonds. The fraction of sp³-hybridized carbons (Fsp3) is 0.500. The van der Waals surface area contributed by atoms with E-state index >= 15 is 0 Å². The number of aromatic nitrogens is 1. The Hall–Kier alpha value is -0.990. The van der Waals surface area contributed by atoms with Crippen LogP contribution in [0.3, 0.4) is 0 Å². The predicted octanol–water partition coefficient (Wildman–Crippen LogP) is 0.0272. The standard InChI is InChI=1S/C8H13F2N3O2S/c1-13-5-7(2-6(13)3-11)16(14,15)12-4-8(9)10/h2,5,8,12H,3-4,11H2,1H3. The van der Waals surface area contributed by atoms with Crippen LogP contribution in [0.1, 0.15) is 5.69 Å². The highest BCUT2D eigenvalue weighted by Crippen LogP contribution is 2.12. The molecule has 92 valence electrons. The molecule has 0 bridgehead atoms. The summed E-state index contributed by atoms with van der Waals surface area (Å²) < 4.78 is 50.1. The number of aryl methyl sites for hydroxylation is 1. The average Bonchev–Trinajstić information content (AvgIpc) is 2.57. The Bertz CT molecular complexity index is 456. The molecule has 0 radical (unpaired) electrons. The lowest BCUT2D eigenvalue weighted by molar-refractivity contribution is 0.153. The van der Waals surface area contributed by atoms with Gasteiger partial charge in [-0.15, -0.1) is 0 Å². The van der Waals surface area contributed by atoms with Gasteiger partial charge in [0, 0.05) is 25.5 Å². The summed E-state index contributed by atoms with van der Waals surface area (Å²) in [5.74, 6) is 0. The first-order chi connectivity index (χ1) is 7.36. The summed E-state index contributed by atoms with van der Waals surface area (Å²) in [5.41, 5.74) is 5.98. The minimum Gasteiger partial charge on any atom is -0.352 e. The van der Waals surface area contributed by atoms with Crippen LogP contribution >= 0.6 is 0 Å². The summed E-state index contributed by atoms with van der Waals surface area (Å²) in [6, 6.07) is 1.35. The number of nitrogens with two attached hydrogens (primary N) is 1. The number of alkyl halides is 2. The largest absolute Gasteiger partial charge is 0.352 e. The Morgan fingerprint density at radius 1 is 1.56 bits per heavy atom. The summed E-state index contributed by atoms with van der Waals surface area (Å²) in [6.45, 7) is -0.712. The number of sulfonamides is 1. The molecule has 5 nitrogen and oxygen atoms in total. The van der Waals surface area contributed by atoms with Crippen LogP contribution in [0.5, 0.6) is 0 Å². The quantitative estimate of drug-likeness (QED) is 0.777. The van der Waals surface area contributed by atoms with Crippen LogP contribution in [0.2, 0.25) is 0 Å². The second kappa shape index (κ2) is 4.89. The van der Waals surface area contributed by atoms with Gasteiger partial charge in [0.1, 0.15) is 0 Å². The van der Waals surface area contributed by atoms with Crippen molar-refractivity contribution in [2.24, 2.45) is 12.8 Å². The smallest absolute Gasteiger partial charge is 0.251 e. The molecule has 8 heteroatoms. The molecule has 3 N–H and O–H groups in total. The monoisotopic (exact) mass is 253 g/mol. The second-order valence-electron chi connectivity index (χ2n) is 3.23. The lowest BCUT2D eigenvalue weighted by Gasteiger charge is -2.03. The van der Waals surface area contributed by atoms with Gasteiger partial charge in [0.15, 0.2) is 0 Å². The van der Waals surface area contributed by atoms with Crippen molar-refractivity contribution in [3.8, 4) is 0 Å². The fourth-order valence-electron chi connectivity index (χ4n) is 1.18. The third kappa shape index (κ3) is 3.00. The molecule has 0 saturated heterocycles. The van der Waals surface area contributed by atoms with Gasteiger partial charge in [-0.3, -0.25) is 0 Å². The topological polar surface area (TPSA) is 77.1 Å². The van der Waals surface area contributed by atoms with E-state index in [1.807, 2.05) is 4.72 Å². The molecule has 0 aliphatic rings. The molecular formula is C8H13F2N3O2S. The number of hydrogen-bond acceptors (Lipinski definition) is 3. The summed E-state index contributed by atoms with van der Waals surface area (Å²) in [6.07, 6.45) is -1.39. The van der Waals surface area contributed by atoms with Crippen molar-refractivity contribution in [1.29, 1.82) is 0 Å². The third-order valence-corrected chi connectivity index (χ3v) is 3.42. The normalized spacial score (nSPS) is 12.3. The van der Waals surface area contributed by atoms with Crippen molar-refractivity contribution in [2.45, 2.75) is 17.9 Å². The van der Waals surface area contributed by atoms with E-state index in [0.717, 1.165) is 0 Å². The van der Waals surface area contributed by atoms with E-state index in [9.17, 15) is 17.2 Å². The molecule has 0 spiro atoms. The molecule has 0 unspecified atom stereocenters. The van der Waals surface area contributed by atoms with Crippen molar-refractivity contribution in [2.75, 3.05) is 6.54 Å². The van der Waals surface area contributed by atoms with Gasteiger partial charge >= 0.3 is 0 Å². The zero-order valence-electron chi connectivity index (χ0n) is 8.65. The minimum absolute atomic E-state index is 0.0592. The van der Waals surface area contributed by atoms with E-state index in [2.05, 4.69) is 0 Å². The molecule has 0 atom stereocenters. The van der Waals surface area contributed by atoms with E-state index in [4.69, 9.17) is 5.73 Å². The zero-order valence-corrected chi connectivity index (χ0v) is 9.47. The highest BCUT2D eigenvalue weighted by atomic mass is 32.2. The molecule has 1 rings (SSSR count). The van der Waals surface area contributed by atoms with Gasteiger partial charge in [0.05, 0.1) is 11.4 Å². The maximum absolute atomic E-state index is 11.9. The highest BCUT2D eigenvalue weighted by molar-refractivity contribution is 7.89. The number of halogens is 2. The van der Waals surface area contributed by atoms with Crippen molar-refractivity contribution in [3.63, 3.8) is 0 Å². The van der Waals surface area contributed by atoms with Gasteiger partial charge in [0.25, 0.3) is 6.43 Å². The molecule has 0 saturated carbocycles. The van der Waals surface area contributed by atoms with Crippen LogP contribution in [0.25, 0.3) is 0 Å². The summed E-state index contributed by atoms with van der Waals surface area (Å²) in [7, 11) is -2.24. The number of rotatable bonds is 5. The summed E-state index contributed by atoms with van der Waals surface area (Å²) in [5, 5.41) is 0. The Morgan fingerprint density at radius 3 is 2.62 bits per heavy atom. The molecule has 1 heterocycles. The zero-order chi connectivity index (χ0) is 12.3. The minimum atomic E-state index is -3.87. The van der Waals surface area contributed by atoms with Gasteiger partial charge in [-0.1, -0.05) is 0 Å². The van der Waals surface area contributed by atoms with E-state index in [1.165, 1.54) is 16.8 Å². The lowest BCUT2D eigenvalue weighted by Crippen LogP contribution is -2.28. The maximum Gasteiger partial charge on any atom is 0.251 e. The molecule has 0 fully saturated rings. The van der Waals surface area contributed by atoms with Crippen LogP contribution in [0.15, 0.2) is 17.2 Å². The molecule has 1 aromatic heterocycles. The Labute approximate surface area is 92.3 Å². The van der Waals surface area contributed by atoms with Gasteiger partial charge in [-0.25, -0.2) is 21.9 Å². The first-order valence-electron chi connectivity index (χ1n) is 4.50. The van der Waals surface area contributed by atoms with E-state index in [0.29, 0.717) is 5.69 Å². The number of hydrogen-bond donors (Lipinski definition) is 2.